The van der Waals surface area contributed by atoms with Crippen molar-refractivity contribution in [1.29, 1.82) is 0 Å². The largest absolute Gasteiger partial charge is 0.479 e. The molecule has 0 bridgehead atoms. The van der Waals surface area contributed by atoms with Crippen molar-refractivity contribution in [2.24, 2.45) is 0 Å². The number of ether oxygens (including phenoxy) is 1. The molecule has 0 saturated heterocycles. The molecular weight excluding hydrogens is 233 g/mol. The van der Waals surface area contributed by atoms with Crippen LogP contribution >= 0.6 is 0 Å². The molecule has 1 aromatic carbocycles. The van der Waals surface area contributed by atoms with Crippen LogP contribution in [0, 0.1) is 15.9 Å². The topological polar surface area (TPSA) is 89.7 Å². The molecule has 0 aliphatic heterocycles. The van der Waals surface area contributed by atoms with Gasteiger partial charge in [0.2, 0.25) is 5.82 Å². The molecule has 1 unspecified atom stereocenters. The Bertz CT molecular complexity index is 448. The average Bonchev–Trinajstić information content (AvgIpc) is 2.24. The minimum absolute atomic E-state index is 0.0548. The Morgan fingerprint density at radius 2 is 2.29 bits per heavy atom. The first-order chi connectivity index (χ1) is 7.95. The fourth-order valence-electron chi connectivity index (χ4n) is 1.31. The van der Waals surface area contributed by atoms with Gasteiger partial charge in [-0.25, -0.2) is 4.79 Å². The fourth-order valence-corrected chi connectivity index (χ4v) is 1.31. The van der Waals surface area contributed by atoms with E-state index in [2.05, 4.69) is 4.74 Å². The van der Waals surface area contributed by atoms with Crippen molar-refractivity contribution in [3.63, 3.8) is 0 Å². The smallest absolute Gasteiger partial charge is 0.333 e. The first-order valence-electron chi connectivity index (χ1n) is 4.64. The number of hydrogen-bond donors (Lipinski definition) is 1. The monoisotopic (exact) mass is 243 g/mol. The number of hydrogen-bond acceptors (Lipinski definition) is 4. The van der Waals surface area contributed by atoms with Gasteiger partial charge in [-0.1, -0.05) is 6.07 Å². The van der Waals surface area contributed by atoms with Gasteiger partial charge in [-0.15, -0.1) is 0 Å². The molecule has 0 heterocycles. The van der Waals surface area contributed by atoms with Crippen LogP contribution in [0.3, 0.4) is 0 Å². The Morgan fingerprint density at radius 1 is 1.65 bits per heavy atom. The summed E-state index contributed by atoms with van der Waals surface area (Å²) in [6, 6.07) is 3.24. The summed E-state index contributed by atoms with van der Waals surface area (Å²) < 4.78 is 17.9. The average molecular weight is 243 g/mol. The molecular formula is C10H10FNO5. The maximum Gasteiger partial charge on any atom is 0.333 e. The van der Waals surface area contributed by atoms with Gasteiger partial charge in [-0.05, 0) is 11.6 Å². The molecule has 0 amide bonds. The summed E-state index contributed by atoms with van der Waals surface area (Å²) in [6.45, 7) is 0. The van der Waals surface area contributed by atoms with E-state index >= 15 is 0 Å². The lowest BCUT2D eigenvalue weighted by Gasteiger charge is -2.10. The molecule has 0 spiro atoms. The third kappa shape index (κ3) is 3.22. The van der Waals surface area contributed by atoms with E-state index in [0.29, 0.717) is 5.56 Å². The SMILES string of the molecule is COC(Cc1ccc([N+](=O)[O-])c(F)c1)C(=O)O. The van der Waals surface area contributed by atoms with E-state index in [-0.39, 0.29) is 6.42 Å². The normalized spacial score (nSPS) is 12.1. The van der Waals surface area contributed by atoms with E-state index in [4.69, 9.17) is 5.11 Å². The minimum atomic E-state index is -1.17. The third-order valence-electron chi connectivity index (χ3n) is 2.19. The summed E-state index contributed by atoms with van der Waals surface area (Å²) in [6.07, 6.45) is -1.16. The van der Waals surface area contributed by atoms with Crippen molar-refractivity contribution in [1.82, 2.24) is 0 Å². The molecule has 1 atom stereocenters. The Morgan fingerprint density at radius 3 is 2.71 bits per heavy atom. The summed E-state index contributed by atoms with van der Waals surface area (Å²) in [7, 11) is 1.22. The fraction of sp³-hybridized carbons (Fsp3) is 0.300. The van der Waals surface area contributed by atoms with Gasteiger partial charge >= 0.3 is 11.7 Å². The van der Waals surface area contributed by atoms with Crippen molar-refractivity contribution in [2.75, 3.05) is 7.11 Å². The zero-order valence-electron chi connectivity index (χ0n) is 8.92. The van der Waals surface area contributed by atoms with Crippen LogP contribution in [0.25, 0.3) is 0 Å². The third-order valence-corrected chi connectivity index (χ3v) is 2.19. The molecule has 0 radical (unpaired) electrons. The van der Waals surface area contributed by atoms with Crippen LogP contribution < -0.4 is 0 Å². The number of carboxylic acid groups (broad SMARTS) is 1. The first kappa shape index (κ1) is 13.0. The molecule has 0 aliphatic carbocycles. The zero-order chi connectivity index (χ0) is 13.0. The molecule has 1 rings (SSSR count). The summed E-state index contributed by atoms with van der Waals surface area (Å²) >= 11 is 0. The second-order valence-corrected chi connectivity index (χ2v) is 3.31. The molecule has 0 saturated carbocycles. The van der Waals surface area contributed by atoms with E-state index in [1.807, 2.05) is 0 Å². The van der Waals surface area contributed by atoms with E-state index in [0.717, 1.165) is 12.1 Å². The lowest BCUT2D eigenvalue weighted by atomic mass is 10.1. The molecule has 17 heavy (non-hydrogen) atoms. The van der Waals surface area contributed by atoms with Gasteiger partial charge in [-0.2, -0.15) is 4.39 Å². The Kier molecular flexibility index (Phi) is 4.11. The lowest BCUT2D eigenvalue weighted by Crippen LogP contribution is -2.24. The zero-order valence-corrected chi connectivity index (χ0v) is 8.92. The van der Waals surface area contributed by atoms with Gasteiger partial charge < -0.3 is 9.84 Å². The van der Waals surface area contributed by atoms with E-state index in [9.17, 15) is 19.3 Å². The van der Waals surface area contributed by atoms with Crippen molar-refractivity contribution in [2.45, 2.75) is 12.5 Å². The van der Waals surface area contributed by atoms with Crippen molar-refractivity contribution in [3.8, 4) is 0 Å². The van der Waals surface area contributed by atoms with Crippen LogP contribution in [0.5, 0.6) is 0 Å². The van der Waals surface area contributed by atoms with Crippen LogP contribution in [0.1, 0.15) is 5.56 Å². The van der Waals surface area contributed by atoms with Gasteiger partial charge in [0.1, 0.15) is 0 Å². The standard InChI is InChI=1S/C10H10FNO5/c1-17-9(10(13)14)5-6-2-3-8(12(15)16)7(11)4-6/h2-4,9H,5H2,1H3,(H,13,14). The van der Waals surface area contributed by atoms with E-state index < -0.39 is 28.5 Å². The first-order valence-corrected chi connectivity index (χ1v) is 4.64. The number of methoxy groups -OCH3 is 1. The predicted octanol–water partition coefficient (Wildman–Crippen LogP) is 1.38. The van der Waals surface area contributed by atoms with Crippen molar-refractivity contribution < 1.29 is 24.0 Å². The number of nitrogens with zero attached hydrogens (tertiary/aromatic N) is 1. The summed E-state index contributed by atoms with van der Waals surface area (Å²) in [5.74, 6) is -2.17. The summed E-state index contributed by atoms with van der Waals surface area (Å²) in [4.78, 5) is 20.2. The van der Waals surface area contributed by atoms with Crippen molar-refractivity contribution >= 4 is 11.7 Å². The number of rotatable bonds is 5. The number of carbonyl (C=O) groups is 1. The molecule has 1 aromatic rings. The number of benzene rings is 1. The molecule has 1 N–H and O–H groups in total. The van der Waals surface area contributed by atoms with Gasteiger partial charge in [-0.3, -0.25) is 10.1 Å². The number of nitro groups is 1. The van der Waals surface area contributed by atoms with E-state index in [1.165, 1.54) is 13.2 Å². The number of halogens is 1. The highest BCUT2D eigenvalue weighted by atomic mass is 19.1. The Labute approximate surface area is 95.8 Å². The van der Waals surface area contributed by atoms with E-state index in [1.54, 1.807) is 0 Å². The Hall–Kier alpha value is -2.02. The van der Waals surface area contributed by atoms with Crippen molar-refractivity contribution in [3.05, 3.63) is 39.7 Å². The minimum Gasteiger partial charge on any atom is -0.479 e. The molecule has 0 fully saturated rings. The second-order valence-electron chi connectivity index (χ2n) is 3.31. The highest BCUT2D eigenvalue weighted by Gasteiger charge is 2.19. The quantitative estimate of drug-likeness (QED) is 0.623. The number of aliphatic carboxylic acids is 1. The molecule has 0 aliphatic rings. The number of nitro benzene ring substituents is 1. The van der Waals surface area contributed by atoms with Gasteiger partial charge in [0.05, 0.1) is 4.92 Å². The molecule has 0 aromatic heterocycles. The lowest BCUT2D eigenvalue weighted by molar-refractivity contribution is -0.387. The van der Waals surface area contributed by atoms with Gasteiger partial charge in [0.25, 0.3) is 0 Å². The van der Waals surface area contributed by atoms with Crippen LogP contribution in [0.2, 0.25) is 0 Å². The molecule has 7 heteroatoms. The molecule has 92 valence electrons. The van der Waals surface area contributed by atoms with Crippen LogP contribution in [-0.2, 0) is 16.0 Å². The second kappa shape index (κ2) is 5.35. The van der Waals surface area contributed by atoms with Crippen LogP contribution in [0.4, 0.5) is 10.1 Å². The van der Waals surface area contributed by atoms with Crippen LogP contribution in [-0.4, -0.2) is 29.2 Å². The van der Waals surface area contributed by atoms with Gasteiger partial charge in [0.15, 0.2) is 6.10 Å². The Balaban J connectivity index is 2.90. The molecule has 6 nitrogen and oxygen atoms in total. The summed E-state index contributed by atoms with van der Waals surface area (Å²) in [5, 5.41) is 19.1. The van der Waals surface area contributed by atoms with Gasteiger partial charge in [0, 0.05) is 19.6 Å². The predicted molar refractivity (Wildman–Crippen MR) is 55.2 cm³/mol. The van der Waals surface area contributed by atoms with Crippen LogP contribution in [0.15, 0.2) is 18.2 Å². The highest BCUT2D eigenvalue weighted by Crippen LogP contribution is 2.19. The maximum absolute atomic E-state index is 13.2. The summed E-state index contributed by atoms with van der Waals surface area (Å²) in [5.41, 5.74) is -0.319. The highest BCUT2D eigenvalue weighted by molar-refractivity contribution is 5.72. The maximum atomic E-state index is 13.2. The number of carboxylic acids is 1.